The molecule has 0 aliphatic rings. The Morgan fingerprint density at radius 1 is 1.16 bits per heavy atom. The summed E-state index contributed by atoms with van der Waals surface area (Å²) in [6, 6.07) is 12.0. The van der Waals surface area contributed by atoms with Crippen LogP contribution in [0.15, 0.2) is 48.8 Å². The number of ether oxygens (including phenoxy) is 1. The van der Waals surface area contributed by atoms with Crippen LogP contribution in [0.4, 0.5) is 0 Å². The topological polar surface area (TPSA) is 37.9 Å². The normalized spacial score (nSPS) is 11.2. The van der Waals surface area contributed by atoms with Crippen LogP contribution in [0.1, 0.15) is 11.3 Å². The SMILES string of the molecule is COc1ccc2[nH]c(/C=C/c3cccnc3)cc2c1. The summed E-state index contributed by atoms with van der Waals surface area (Å²) in [5, 5.41) is 1.14. The molecule has 3 heteroatoms. The van der Waals surface area contributed by atoms with Gasteiger partial charge in [0.2, 0.25) is 0 Å². The second-order valence-electron chi connectivity index (χ2n) is 4.30. The van der Waals surface area contributed by atoms with E-state index >= 15 is 0 Å². The second-order valence-corrected chi connectivity index (χ2v) is 4.30. The number of nitrogens with zero attached hydrogens (tertiary/aromatic N) is 1. The molecule has 0 aliphatic carbocycles. The van der Waals surface area contributed by atoms with E-state index in [2.05, 4.69) is 16.0 Å². The van der Waals surface area contributed by atoms with Crippen molar-refractivity contribution < 1.29 is 4.74 Å². The van der Waals surface area contributed by atoms with Gasteiger partial charge in [0.1, 0.15) is 5.75 Å². The quantitative estimate of drug-likeness (QED) is 0.769. The highest BCUT2D eigenvalue weighted by atomic mass is 16.5. The van der Waals surface area contributed by atoms with E-state index in [-0.39, 0.29) is 0 Å². The van der Waals surface area contributed by atoms with Gasteiger partial charge in [-0.15, -0.1) is 0 Å². The zero-order chi connectivity index (χ0) is 13.1. The number of benzene rings is 1. The Bertz CT molecular complexity index is 714. The van der Waals surface area contributed by atoms with Gasteiger partial charge in [-0.05, 0) is 42.0 Å². The Labute approximate surface area is 111 Å². The van der Waals surface area contributed by atoms with Crippen molar-refractivity contribution in [3.05, 3.63) is 60.0 Å². The summed E-state index contributed by atoms with van der Waals surface area (Å²) >= 11 is 0. The number of fused-ring (bicyclic) bond motifs is 1. The van der Waals surface area contributed by atoms with Crippen LogP contribution in [-0.4, -0.2) is 17.1 Å². The highest BCUT2D eigenvalue weighted by Crippen LogP contribution is 2.22. The highest BCUT2D eigenvalue weighted by Gasteiger charge is 2.00. The van der Waals surface area contributed by atoms with Gasteiger partial charge in [0.25, 0.3) is 0 Å². The van der Waals surface area contributed by atoms with Crippen molar-refractivity contribution in [1.82, 2.24) is 9.97 Å². The molecule has 19 heavy (non-hydrogen) atoms. The summed E-state index contributed by atoms with van der Waals surface area (Å²) in [5.41, 5.74) is 3.25. The zero-order valence-electron chi connectivity index (χ0n) is 10.6. The van der Waals surface area contributed by atoms with E-state index < -0.39 is 0 Å². The Morgan fingerprint density at radius 3 is 2.89 bits per heavy atom. The summed E-state index contributed by atoms with van der Waals surface area (Å²) in [7, 11) is 1.68. The van der Waals surface area contributed by atoms with Crippen LogP contribution in [0.25, 0.3) is 23.1 Å². The molecule has 2 heterocycles. The van der Waals surface area contributed by atoms with Crippen molar-refractivity contribution in [2.75, 3.05) is 7.11 Å². The van der Waals surface area contributed by atoms with Crippen LogP contribution < -0.4 is 4.74 Å². The van der Waals surface area contributed by atoms with Gasteiger partial charge in [-0.3, -0.25) is 4.98 Å². The third-order valence-corrected chi connectivity index (χ3v) is 2.99. The van der Waals surface area contributed by atoms with E-state index in [9.17, 15) is 0 Å². The van der Waals surface area contributed by atoms with Crippen LogP contribution in [0.3, 0.4) is 0 Å². The lowest BCUT2D eigenvalue weighted by Crippen LogP contribution is -1.80. The summed E-state index contributed by atoms with van der Waals surface area (Å²) in [4.78, 5) is 7.44. The molecule has 0 unspecified atom stereocenters. The molecular formula is C16H14N2O. The molecule has 3 aromatic rings. The van der Waals surface area contributed by atoms with Gasteiger partial charge < -0.3 is 9.72 Å². The number of pyridine rings is 1. The number of hydrogen-bond acceptors (Lipinski definition) is 2. The maximum absolute atomic E-state index is 5.22. The molecule has 0 fully saturated rings. The minimum Gasteiger partial charge on any atom is -0.497 e. The average molecular weight is 250 g/mol. The lowest BCUT2D eigenvalue weighted by atomic mass is 10.2. The minimum absolute atomic E-state index is 0.870. The third-order valence-electron chi connectivity index (χ3n) is 2.99. The van der Waals surface area contributed by atoms with E-state index in [1.54, 1.807) is 13.3 Å². The monoisotopic (exact) mass is 250 g/mol. The molecule has 3 nitrogen and oxygen atoms in total. The zero-order valence-corrected chi connectivity index (χ0v) is 10.6. The summed E-state index contributed by atoms with van der Waals surface area (Å²) in [6.45, 7) is 0. The van der Waals surface area contributed by atoms with Crippen molar-refractivity contribution in [3.8, 4) is 5.75 Å². The van der Waals surface area contributed by atoms with Gasteiger partial charge in [-0.25, -0.2) is 0 Å². The number of hydrogen-bond donors (Lipinski definition) is 1. The number of H-pyrrole nitrogens is 1. The molecule has 0 spiro atoms. The van der Waals surface area contributed by atoms with Crippen molar-refractivity contribution in [2.24, 2.45) is 0 Å². The number of aromatic nitrogens is 2. The molecule has 3 rings (SSSR count). The molecule has 94 valence electrons. The van der Waals surface area contributed by atoms with Gasteiger partial charge in [0.15, 0.2) is 0 Å². The smallest absolute Gasteiger partial charge is 0.119 e. The first kappa shape index (κ1) is 11.5. The fourth-order valence-electron chi connectivity index (χ4n) is 2.01. The van der Waals surface area contributed by atoms with Crippen molar-refractivity contribution in [2.45, 2.75) is 0 Å². The fourth-order valence-corrected chi connectivity index (χ4v) is 2.01. The van der Waals surface area contributed by atoms with Gasteiger partial charge in [0.05, 0.1) is 7.11 Å². The van der Waals surface area contributed by atoms with E-state index in [0.29, 0.717) is 0 Å². The fraction of sp³-hybridized carbons (Fsp3) is 0.0625. The van der Waals surface area contributed by atoms with Gasteiger partial charge >= 0.3 is 0 Å². The lowest BCUT2D eigenvalue weighted by Gasteiger charge is -1.97. The predicted octanol–water partition coefficient (Wildman–Crippen LogP) is 3.74. The van der Waals surface area contributed by atoms with E-state index in [4.69, 9.17) is 4.74 Å². The number of methoxy groups -OCH3 is 1. The Kier molecular flexibility index (Phi) is 3.02. The molecule has 0 saturated heterocycles. The van der Waals surface area contributed by atoms with Gasteiger partial charge in [-0.1, -0.05) is 12.1 Å². The average Bonchev–Trinajstić information content (AvgIpc) is 2.88. The Hall–Kier alpha value is -2.55. The third kappa shape index (κ3) is 2.50. The molecular weight excluding hydrogens is 236 g/mol. The lowest BCUT2D eigenvalue weighted by molar-refractivity contribution is 0.415. The summed E-state index contributed by atoms with van der Waals surface area (Å²) in [5.74, 6) is 0.870. The number of rotatable bonds is 3. The highest BCUT2D eigenvalue weighted by molar-refractivity contribution is 5.85. The predicted molar refractivity (Wildman–Crippen MR) is 78.0 cm³/mol. The first-order valence-corrected chi connectivity index (χ1v) is 6.10. The largest absolute Gasteiger partial charge is 0.497 e. The van der Waals surface area contributed by atoms with Crippen molar-refractivity contribution in [3.63, 3.8) is 0 Å². The van der Waals surface area contributed by atoms with E-state index in [1.807, 2.05) is 48.7 Å². The van der Waals surface area contributed by atoms with Crippen molar-refractivity contribution >= 4 is 23.1 Å². The molecule has 0 aliphatic heterocycles. The minimum atomic E-state index is 0.870. The summed E-state index contributed by atoms with van der Waals surface area (Å²) in [6.07, 6.45) is 7.69. The Morgan fingerprint density at radius 2 is 2.11 bits per heavy atom. The standard InChI is InChI=1S/C16H14N2O/c1-19-15-6-7-16-13(10-15)9-14(18-16)5-4-12-3-2-8-17-11-12/h2-11,18H,1H3/b5-4+. The second kappa shape index (κ2) is 4.98. The molecule has 0 atom stereocenters. The van der Waals surface area contributed by atoms with Crippen LogP contribution in [0.5, 0.6) is 5.75 Å². The number of aromatic amines is 1. The first-order valence-electron chi connectivity index (χ1n) is 6.10. The molecule has 0 saturated carbocycles. The molecule has 0 bridgehead atoms. The van der Waals surface area contributed by atoms with Crippen LogP contribution >= 0.6 is 0 Å². The Balaban J connectivity index is 1.91. The van der Waals surface area contributed by atoms with E-state index in [0.717, 1.165) is 27.9 Å². The first-order chi connectivity index (χ1) is 9.35. The maximum atomic E-state index is 5.22. The molecule has 1 N–H and O–H groups in total. The van der Waals surface area contributed by atoms with E-state index in [1.165, 1.54) is 0 Å². The summed E-state index contributed by atoms with van der Waals surface area (Å²) < 4.78 is 5.22. The van der Waals surface area contributed by atoms with Gasteiger partial charge in [-0.2, -0.15) is 0 Å². The molecule has 1 aromatic carbocycles. The molecule has 0 radical (unpaired) electrons. The maximum Gasteiger partial charge on any atom is 0.119 e. The number of nitrogens with one attached hydrogen (secondary N) is 1. The van der Waals surface area contributed by atoms with Crippen LogP contribution in [-0.2, 0) is 0 Å². The molecule has 0 amide bonds. The molecule has 2 aromatic heterocycles. The van der Waals surface area contributed by atoms with Crippen LogP contribution in [0.2, 0.25) is 0 Å². The van der Waals surface area contributed by atoms with Crippen molar-refractivity contribution in [1.29, 1.82) is 0 Å². The van der Waals surface area contributed by atoms with Crippen LogP contribution in [0, 0.1) is 0 Å². The van der Waals surface area contributed by atoms with Gasteiger partial charge in [0, 0.05) is 29.0 Å².